The van der Waals surface area contributed by atoms with Crippen molar-refractivity contribution in [2.75, 3.05) is 34.4 Å². The van der Waals surface area contributed by atoms with Crippen molar-refractivity contribution in [3.8, 4) is 17.2 Å². The van der Waals surface area contributed by atoms with Crippen LogP contribution < -0.4 is 19.5 Å². The number of carbonyl (C=O) groups excluding carboxylic acids is 1. The molecule has 1 aromatic rings. The molecule has 0 bridgehead atoms. The Kier molecular flexibility index (Phi) is 6.10. The zero-order chi connectivity index (χ0) is 16.8. The van der Waals surface area contributed by atoms with Gasteiger partial charge in [0, 0.05) is 32.1 Å². The molecule has 23 heavy (non-hydrogen) atoms. The highest BCUT2D eigenvalue weighted by molar-refractivity contribution is 5.78. The minimum absolute atomic E-state index is 0.219. The van der Waals surface area contributed by atoms with Gasteiger partial charge in [0.15, 0.2) is 11.5 Å². The van der Waals surface area contributed by atoms with Crippen LogP contribution in [0.3, 0.4) is 0 Å². The Morgan fingerprint density at radius 2 is 1.83 bits per heavy atom. The molecule has 128 valence electrons. The third-order valence-electron chi connectivity index (χ3n) is 4.04. The number of hydrogen-bond donors (Lipinski definition) is 1. The summed E-state index contributed by atoms with van der Waals surface area (Å²) in [5.41, 5.74) is 1.04. The molecule has 0 saturated carbocycles. The molecular weight excluding hydrogens is 296 g/mol. The topological polar surface area (TPSA) is 60.0 Å². The normalized spacial score (nSPS) is 15.7. The lowest BCUT2D eigenvalue weighted by molar-refractivity contribution is -0.127. The molecule has 1 N–H and O–H groups in total. The van der Waals surface area contributed by atoms with E-state index in [1.165, 1.54) is 0 Å². The van der Waals surface area contributed by atoms with Gasteiger partial charge in [0.2, 0.25) is 11.7 Å². The van der Waals surface area contributed by atoms with Gasteiger partial charge in [0.05, 0.1) is 21.3 Å². The molecule has 1 fully saturated rings. The van der Waals surface area contributed by atoms with Crippen molar-refractivity contribution in [1.29, 1.82) is 0 Å². The Balaban J connectivity index is 1.98. The predicted molar refractivity (Wildman–Crippen MR) is 88.2 cm³/mol. The number of amides is 1. The first-order valence-corrected chi connectivity index (χ1v) is 7.89. The predicted octanol–water partition coefficient (Wildman–Crippen LogP) is 1.81. The molecule has 1 aromatic carbocycles. The van der Waals surface area contributed by atoms with Crippen LogP contribution in [0.4, 0.5) is 0 Å². The van der Waals surface area contributed by atoms with Crippen LogP contribution in [0.15, 0.2) is 12.1 Å². The molecule has 1 unspecified atom stereocenters. The fourth-order valence-electron chi connectivity index (χ4n) is 2.82. The molecule has 0 aromatic heterocycles. The van der Waals surface area contributed by atoms with Crippen LogP contribution in [0.5, 0.6) is 17.2 Å². The van der Waals surface area contributed by atoms with Gasteiger partial charge in [-0.05, 0) is 31.0 Å². The van der Waals surface area contributed by atoms with Crippen LogP contribution in [0.1, 0.15) is 25.3 Å². The fraction of sp³-hybridized carbons (Fsp3) is 0.588. The van der Waals surface area contributed by atoms with Crippen molar-refractivity contribution < 1.29 is 19.0 Å². The summed E-state index contributed by atoms with van der Waals surface area (Å²) in [5.74, 6) is 2.14. The molecule has 0 aliphatic carbocycles. The molecule has 1 aliphatic rings. The highest BCUT2D eigenvalue weighted by atomic mass is 16.5. The molecule has 1 saturated heterocycles. The number of methoxy groups -OCH3 is 3. The zero-order valence-electron chi connectivity index (χ0n) is 14.3. The Bertz CT molecular complexity index is 522. The third-order valence-corrected chi connectivity index (χ3v) is 4.04. The van der Waals surface area contributed by atoms with Crippen molar-refractivity contribution >= 4 is 5.91 Å². The SMILES string of the molecule is COc1cc(CNC(C)CN2CCCC2=O)cc(OC)c1OC. The number of hydrogen-bond acceptors (Lipinski definition) is 5. The maximum Gasteiger partial charge on any atom is 0.222 e. The van der Waals surface area contributed by atoms with Gasteiger partial charge in [-0.1, -0.05) is 0 Å². The van der Waals surface area contributed by atoms with E-state index in [0.29, 0.717) is 30.2 Å². The van der Waals surface area contributed by atoms with Crippen LogP contribution in [-0.2, 0) is 11.3 Å². The van der Waals surface area contributed by atoms with Gasteiger partial charge in [-0.15, -0.1) is 0 Å². The monoisotopic (exact) mass is 322 g/mol. The lowest BCUT2D eigenvalue weighted by atomic mass is 10.1. The number of ether oxygens (including phenoxy) is 3. The molecule has 1 heterocycles. The van der Waals surface area contributed by atoms with E-state index in [4.69, 9.17) is 14.2 Å². The number of likely N-dealkylation sites (tertiary alicyclic amines) is 1. The van der Waals surface area contributed by atoms with Crippen LogP contribution in [-0.4, -0.2) is 51.3 Å². The Morgan fingerprint density at radius 1 is 1.17 bits per heavy atom. The van der Waals surface area contributed by atoms with Crippen molar-refractivity contribution in [2.45, 2.75) is 32.4 Å². The van der Waals surface area contributed by atoms with E-state index in [9.17, 15) is 4.79 Å². The van der Waals surface area contributed by atoms with Crippen molar-refractivity contribution in [3.05, 3.63) is 17.7 Å². The molecule has 1 amide bonds. The average Bonchev–Trinajstić information content (AvgIpc) is 2.96. The Morgan fingerprint density at radius 3 is 2.30 bits per heavy atom. The Hall–Kier alpha value is -1.95. The van der Waals surface area contributed by atoms with Crippen molar-refractivity contribution in [1.82, 2.24) is 10.2 Å². The smallest absolute Gasteiger partial charge is 0.222 e. The van der Waals surface area contributed by atoms with Crippen LogP contribution in [0.25, 0.3) is 0 Å². The summed E-state index contributed by atoms with van der Waals surface area (Å²) in [6.45, 7) is 4.36. The van der Waals surface area contributed by atoms with Crippen LogP contribution >= 0.6 is 0 Å². The molecule has 6 nitrogen and oxygen atoms in total. The van der Waals surface area contributed by atoms with Crippen LogP contribution in [0, 0.1) is 0 Å². The van der Waals surface area contributed by atoms with Crippen molar-refractivity contribution in [2.24, 2.45) is 0 Å². The van der Waals surface area contributed by atoms with Crippen molar-refractivity contribution in [3.63, 3.8) is 0 Å². The first kappa shape index (κ1) is 17.4. The second-order valence-electron chi connectivity index (χ2n) is 5.76. The minimum Gasteiger partial charge on any atom is -0.493 e. The van der Waals surface area contributed by atoms with Gasteiger partial charge in [-0.2, -0.15) is 0 Å². The maximum atomic E-state index is 11.7. The number of benzene rings is 1. The number of rotatable bonds is 8. The molecule has 0 spiro atoms. The minimum atomic E-state index is 0.219. The maximum absolute atomic E-state index is 11.7. The van der Waals surface area contributed by atoms with Gasteiger partial charge < -0.3 is 24.4 Å². The van der Waals surface area contributed by atoms with E-state index in [1.54, 1.807) is 21.3 Å². The molecular formula is C17H26N2O4. The lowest BCUT2D eigenvalue weighted by Gasteiger charge is -2.22. The van der Waals surface area contributed by atoms with E-state index in [2.05, 4.69) is 12.2 Å². The summed E-state index contributed by atoms with van der Waals surface area (Å²) in [6.07, 6.45) is 1.65. The molecule has 1 aliphatic heterocycles. The Labute approximate surface area is 137 Å². The highest BCUT2D eigenvalue weighted by Crippen LogP contribution is 2.38. The first-order valence-electron chi connectivity index (χ1n) is 7.89. The standard InChI is InChI=1S/C17H26N2O4/c1-12(11-19-7-5-6-16(19)20)18-10-13-8-14(21-2)17(23-4)15(9-13)22-3/h8-9,12,18H,5-7,10-11H2,1-4H3. The summed E-state index contributed by atoms with van der Waals surface area (Å²) < 4.78 is 16.0. The fourth-order valence-corrected chi connectivity index (χ4v) is 2.82. The van der Waals surface area contributed by atoms with Gasteiger partial charge in [-0.25, -0.2) is 0 Å². The molecule has 2 rings (SSSR count). The first-order chi connectivity index (χ1) is 11.1. The number of nitrogens with zero attached hydrogens (tertiary/aromatic N) is 1. The molecule has 1 atom stereocenters. The largest absolute Gasteiger partial charge is 0.493 e. The van der Waals surface area contributed by atoms with Gasteiger partial charge in [-0.3, -0.25) is 4.79 Å². The number of nitrogens with one attached hydrogen (secondary N) is 1. The molecule has 6 heteroatoms. The van der Waals surface area contributed by atoms with Gasteiger partial charge >= 0.3 is 0 Å². The summed E-state index contributed by atoms with van der Waals surface area (Å²) in [6, 6.07) is 4.08. The van der Waals surface area contributed by atoms with Gasteiger partial charge in [0.25, 0.3) is 0 Å². The summed E-state index contributed by atoms with van der Waals surface area (Å²) in [7, 11) is 4.81. The summed E-state index contributed by atoms with van der Waals surface area (Å²) in [4.78, 5) is 13.6. The summed E-state index contributed by atoms with van der Waals surface area (Å²) >= 11 is 0. The second-order valence-corrected chi connectivity index (χ2v) is 5.76. The second kappa shape index (κ2) is 8.06. The van der Waals surface area contributed by atoms with E-state index in [-0.39, 0.29) is 11.9 Å². The average molecular weight is 322 g/mol. The highest BCUT2D eigenvalue weighted by Gasteiger charge is 2.21. The number of carbonyl (C=O) groups is 1. The van der Waals surface area contributed by atoms with Crippen LogP contribution in [0.2, 0.25) is 0 Å². The third kappa shape index (κ3) is 4.28. The van der Waals surface area contributed by atoms with Gasteiger partial charge in [0.1, 0.15) is 0 Å². The van der Waals surface area contributed by atoms with E-state index in [0.717, 1.165) is 25.1 Å². The zero-order valence-corrected chi connectivity index (χ0v) is 14.3. The lowest BCUT2D eigenvalue weighted by Crippen LogP contribution is -2.39. The quantitative estimate of drug-likeness (QED) is 0.791. The van der Waals surface area contributed by atoms with E-state index >= 15 is 0 Å². The van der Waals surface area contributed by atoms with E-state index in [1.807, 2.05) is 17.0 Å². The molecule has 0 radical (unpaired) electrons. The summed E-state index contributed by atoms with van der Waals surface area (Å²) in [5, 5.41) is 3.44. The van der Waals surface area contributed by atoms with E-state index < -0.39 is 0 Å².